The van der Waals surface area contributed by atoms with Crippen molar-refractivity contribution in [3.05, 3.63) is 94.0 Å². The number of carbonyl (C=O) groups is 2. The Kier molecular flexibility index (Phi) is 4.71. The molecule has 28 heavy (non-hydrogen) atoms. The fourth-order valence-corrected chi connectivity index (χ4v) is 3.40. The first-order chi connectivity index (χ1) is 13.5. The molecule has 1 aliphatic heterocycles. The largest absolute Gasteiger partial charge is 0.366 e. The molecule has 0 bridgehead atoms. The minimum Gasteiger partial charge on any atom is -0.366 e. The number of amides is 2. The van der Waals surface area contributed by atoms with Crippen LogP contribution in [0.3, 0.4) is 0 Å². The minimum absolute atomic E-state index is 0.236. The molecule has 4 N–H and O–H groups in total. The number of nitrogens with one attached hydrogen (secondary N) is 2. The maximum atomic E-state index is 12.8. The second-order valence-electron chi connectivity index (χ2n) is 6.33. The lowest BCUT2D eigenvalue weighted by molar-refractivity contribution is -0.110. The van der Waals surface area contributed by atoms with Crippen molar-refractivity contribution in [1.82, 2.24) is 0 Å². The number of anilines is 2. The average molecular weight is 434 g/mol. The van der Waals surface area contributed by atoms with E-state index in [1.807, 2.05) is 54.6 Å². The summed E-state index contributed by atoms with van der Waals surface area (Å²) in [5, 5.41) is 6.22. The maximum absolute atomic E-state index is 12.8. The van der Waals surface area contributed by atoms with E-state index in [1.165, 1.54) is 0 Å². The average Bonchev–Trinajstić information content (AvgIpc) is 3.03. The molecule has 4 rings (SSSR count). The van der Waals surface area contributed by atoms with Crippen LogP contribution < -0.4 is 16.4 Å². The summed E-state index contributed by atoms with van der Waals surface area (Å²) in [6.45, 7) is 0. The molecule has 0 saturated carbocycles. The second kappa shape index (κ2) is 7.32. The quantitative estimate of drug-likeness (QED) is 0.530. The normalized spacial score (nSPS) is 14.2. The van der Waals surface area contributed by atoms with E-state index in [0.29, 0.717) is 22.5 Å². The van der Waals surface area contributed by atoms with Gasteiger partial charge in [0.05, 0.1) is 11.3 Å². The SMILES string of the molecule is NC(=O)c1ccc2c(c1)NC(=O)/C2=C(\Nc1ccc(Br)cc1)c1ccccc1. The van der Waals surface area contributed by atoms with E-state index in [2.05, 4.69) is 26.6 Å². The molecule has 0 fully saturated rings. The van der Waals surface area contributed by atoms with Gasteiger partial charge in [-0.05, 0) is 42.0 Å². The highest BCUT2D eigenvalue weighted by Gasteiger charge is 2.29. The number of fused-ring (bicyclic) bond motifs is 1. The van der Waals surface area contributed by atoms with Gasteiger partial charge in [-0.2, -0.15) is 0 Å². The Morgan fingerprint density at radius 3 is 2.32 bits per heavy atom. The number of halogens is 1. The molecule has 0 aliphatic carbocycles. The Morgan fingerprint density at radius 2 is 1.64 bits per heavy atom. The highest BCUT2D eigenvalue weighted by Crippen LogP contribution is 2.38. The molecule has 0 aromatic heterocycles. The second-order valence-corrected chi connectivity index (χ2v) is 7.24. The Morgan fingerprint density at radius 1 is 0.929 bits per heavy atom. The molecule has 0 atom stereocenters. The van der Waals surface area contributed by atoms with Gasteiger partial charge in [0.25, 0.3) is 5.91 Å². The van der Waals surface area contributed by atoms with Crippen LogP contribution in [0.5, 0.6) is 0 Å². The lowest BCUT2D eigenvalue weighted by Gasteiger charge is -2.15. The highest BCUT2D eigenvalue weighted by molar-refractivity contribution is 9.10. The molecule has 1 heterocycles. The summed E-state index contributed by atoms with van der Waals surface area (Å²) in [4.78, 5) is 24.3. The first-order valence-corrected chi connectivity index (χ1v) is 9.40. The molecule has 5 nitrogen and oxygen atoms in total. The van der Waals surface area contributed by atoms with Gasteiger partial charge in [-0.15, -0.1) is 0 Å². The fourth-order valence-electron chi connectivity index (χ4n) is 3.14. The van der Waals surface area contributed by atoms with E-state index in [-0.39, 0.29) is 5.91 Å². The van der Waals surface area contributed by atoms with Gasteiger partial charge >= 0.3 is 0 Å². The third kappa shape index (κ3) is 3.42. The Balaban J connectivity index is 1.88. The van der Waals surface area contributed by atoms with Crippen molar-refractivity contribution in [2.45, 2.75) is 0 Å². The lowest BCUT2D eigenvalue weighted by atomic mass is 9.99. The van der Waals surface area contributed by atoms with Gasteiger partial charge < -0.3 is 16.4 Å². The topological polar surface area (TPSA) is 84.2 Å². The van der Waals surface area contributed by atoms with Gasteiger partial charge in [0.2, 0.25) is 5.91 Å². The van der Waals surface area contributed by atoms with Crippen molar-refractivity contribution in [3.63, 3.8) is 0 Å². The number of nitrogens with two attached hydrogens (primary N) is 1. The van der Waals surface area contributed by atoms with Crippen LogP contribution in [0, 0.1) is 0 Å². The summed E-state index contributed by atoms with van der Waals surface area (Å²) in [5.74, 6) is -0.772. The number of rotatable bonds is 4. The standard InChI is InChI=1S/C22H16BrN3O2/c23-15-7-9-16(10-8-15)25-20(13-4-2-1-3-5-13)19-17-11-6-14(21(24)27)12-18(17)26-22(19)28/h1-12,25H,(H2,24,27)(H,26,28)/b20-19-. The van der Waals surface area contributed by atoms with E-state index in [4.69, 9.17) is 5.73 Å². The van der Waals surface area contributed by atoms with E-state index in [1.54, 1.807) is 18.2 Å². The Labute approximate surface area is 170 Å². The van der Waals surface area contributed by atoms with E-state index in [0.717, 1.165) is 21.3 Å². The molecule has 0 radical (unpaired) electrons. The van der Waals surface area contributed by atoms with Crippen LogP contribution in [0.2, 0.25) is 0 Å². The number of hydrogen-bond acceptors (Lipinski definition) is 3. The zero-order chi connectivity index (χ0) is 19.7. The predicted octanol–water partition coefficient (Wildman–Crippen LogP) is 4.48. The third-order valence-corrected chi connectivity index (χ3v) is 5.00. The molecule has 2 amide bonds. The molecule has 138 valence electrons. The Bertz CT molecular complexity index is 1110. The van der Waals surface area contributed by atoms with Gasteiger partial charge in [0, 0.05) is 27.0 Å². The zero-order valence-corrected chi connectivity index (χ0v) is 16.3. The van der Waals surface area contributed by atoms with Crippen molar-refractivity contribution in [3.8, 4) is 0 Å². The van der Waals surface area contributed by atoms with Crippen LogP contribution in [0.1, 0.15) is 21.5 Å². The van der Waals surface area contributed by atoms with Crippen LogP contribution in [0.4, 0.5) is 11.4 Å². The van der Waals surface area contributed by atoms with Gasteiger partial charge in [0.15, 0.2) is 0 Å². The lowest BCUT2D eigenvalue weighted by Crippen LogP contribution is -2.11. The van der Waals surface area contributed by atoms with Crippen LogP contribution in [-0.4, -0.2) is 11.8 Å². The predicted molar refractivity (Wildman–Crippen MR) is 115 cm³/mol. The molecular weight excluding hydrogens is 418 g/mol. The van der Waals surface area contributed by atoms with E-state index < -0.39 is 5.91 Å². The van der Waals surface area contributed by atoms with Crippen molar-refractivity contribution in [2.75, 3.05) is 10.6 Å². The number of benzene rings is 3. The molecule has 1 aliphatic rings. The fraction of sp³-hybridized carbons (Fsp3) is 0. The first-order valence-electron chi connectivity index (χ1n) is 8.61. The van der Waals surface area contributed by atoms with E-state index >= 15 is 0 Å². The minimum atomic E-state index is -0.536. The summed E-state index contributed by atoms with van der Waals surface area (Å²) in [7, 11) is 0. The number of carbonyl (C=O) groups excluding carboxylic acids is 2. The van der Waals surface area contributed by atoms with Gasteiger partial charge in [-0.25, -0.2) is 0 Å². The van der Waals surface area contributed by atoms with Crippen molar-refractivity contribution >= 4 is 50.4 Å². The molecule has 3 aromatic carbocycles. The molecule has 3 aromatic rings. The van der Waals surface area contributed by atoms with Crippen molar-refractivity contribution in [2.24, 2.45) is 5.73 Å². The number of hydrogen-bond donors (Lipinski definition) is 3. The van der Waals surface area contributed by atoms with Crippen LogP contribution in [-0.2, 0) is 4.79 Å². The number of primary amides is 1. The van der Waals surface area contributed by atoms with Gasteiger partial charge in [-0.3, -0.25) is 9.59 Å². The molecule has 6 heteroatoms. The molecule has 0 unspecified atom stereocenters. The summed E-state index contributed by atoms with van der Waals surface area (Å²) in [5.41, 5.74) is 9.93. The van der Waals surface area contributed by atoms with Crippen LogP contribution >= 0.6 is 15.9 Å². The summed E-state index contributed by atoms with van der Waals surface area (Å²) >= 11 is 3.43. The van der Waals surface area contributed by atoms with Gasteiger partial charge in [-0.1, -0.05) is 52.3 Å². The van der Waals surface area contributed by atoms with Crippen LogP contribution in [0.25, 0.3) is 11.3 Å². The Hall–Kier alpha value is -3.38. The van der Waals surface area contributed by atoms with Crippen LogP contribution in [0.15, 0.2) is 77.3 Å². The smallest absolute Gasteiger partial charge is 0.258 e. The van der Waals surface area contributed by atoms with Gasteiger partial charge in [0.1, 0.15) is 0 Å². The summed E-state index contributed by atoms with van der Waals surface area (Å²) < 4.78 is 0.968. The highest BCUT2D eigenvalue weighted by atomic mass is 79.9. The van der Waals surface area contributed by atoms with Crippen molar-refractivity contribution < 1.29 is 9.59 Å². The third-order valence-electron chi connectivity index (χ3n) is 4.47. The van der Waals surface area contributed by atoms with Crippen molar-refractivity contribution in [1.29, 1.82) is 0 Å². The summed E-state index contributed by atoms with van der Waals surface area (Å²) in [6.07, 6.45) is 0. The summed E-state index contributed by atoms with van der Waals surface area (Å²) in [6, 6.07) is 22.3. The molecule has 0 saturated heterocycles. The maximum Gasteiger partial charge on any atom is 0.258 e. The van der Waals surface area contributed by atoms with E-state index in [9.17, 15) is 9.59 Å². The molecular formula is C22H16BrN3O2. The first kappa shape index (κ1) is 18.0. The monoisotopic (exact) mass is 433 g/mol. The zero-order valence-electron chi connectivity index (χ0n) is 14.7. The molecule has 0 spiro atoms.